The third-order valence-electron chi connectivity index (χ3n) is 5.45. The molecule has 1 aliphatic carbocycles. The van der Waals surface area contributed by atoms with E-state index in [-0.39, 0.29) is 17.4 Å². The Kier molecular flexibility index (Phi) is 5.22. The fourth-order valence-electron chi connectivity index (χ4n) is 3.88. The van der Waals surface area contributed by atoms with Crippen molar-refractivity contribution >= 4 is 17.7 Å². The highest BCUT2D eigenvalue weighted by molar-refractivity contribution is 7.98. The zero-order valence-corrected chi connectivity index (χ0v) is 16.9. The van der Waals surface area contributed by atoms with Crippen LogP contribution in [0.25, 0.3) is 0 Å². The number of carbonyl (C=O) groups is 1. The molecule has 1 unspecified atom stereocenters. The summed E-state index contributed by atoms with van der Waals surface area (Å²) in [5, 5.41) is 10.7. The lowest BCUT2D eigenvalue weighted by Crippen LogP contribution is -2.36. The largest absolute Gasteiger partial charge is 0.345 e. The van der Waals surface area contributed by atoms with Crippen molar-refractivity contribution in [2.75, 3.05) is 0 Å². The van der Waals surface area contributed by atoms with Crippen LogP contribution in [0.1, 0.15) is 59.8 Å². The van der Waals surface area contributed by atoms with Gasteiger partial charge in [-0.05, 0) is 41.0 Å². The smallest absolute Gasteiger partial charge is 0.252 e. The first-order chi connectivity index (χ1) is 13.5. The minimum absolute atomic E-state index is 0.0201. The lowest BCUT2D eigenvalue weighted by Gasteiger charge is -2.37. The van der Waals surface area contributed by atoms with Crippen molar-refractivity contribution in [2.24, 2.45) is 0 Å². The van der Waals surface area contributed by atoms with E-state index in [0.29, 0.717) is 5.75 Å². The molecule has 4 rings (SSSR count). The summed E-state index contributed by atoms with van der Waals surface area (Å²) >= 11 is 1.54. The van der Waals surface area contributed by atoms with Crippen molar-refractivity contribution in [2.45, 2.75) is 49.1 Å². The molecule has 0 saturated carbocycles. The first-order valence-electron chi connectivity index (χ1n) is 9.51. The fraction of sp³-hybridized carbons (Fsp3) is 0.318. The van der Waals surface area contributed by atoms with E-state index in [0.717, 1.165) is 29.1 Å². The maximum absolute atomic E-state index is 13.1. The predicted octanol–water partition coefficient (Wildman–Crippen LogP) is 4.64. The number of carbonyl (C=O) groups excluding carboxylic acids is 1. The molecular formula is C22H24N4OS. The molecule has 1 atom stereocenters. The van der Waals surface area contributed by atoms with Crippen molar-refractivity contribution in [3.63, 3.8) is 0 Å². The van der Waals surface area contributed by atoms with E-state index in [1.807, 2.05) is 24.3 Å². The standard InChI is InChI=1S/C22H24N4OS/c1-22(2)12-11-19(17-9-5-6-10-18(17)22)25-20(27)16-8-4-3-7-15(16)13-28-21-23-14-24-26-21/h3-10,14,19H,11-13H2,1-2H3,(H,25,27)(H,23,24,26). The van der Waals surface area contributed by atoms with Crippen LogP contribution < -0.4 is 5.32 Å². The summed E-state index contributed by atoms with van der Waals surface area (Å²) in [7, 11) is 0. The number of nitrogens with zero attached hydrogens (tertiary/aromatic N) is 2. The maximum atomic E-state index is 13.1. The second-order valence-electron chi connectivity index (χ2n) is 7.77. The average molecular weight is 393 g/mol. The number of aromatic nitrogens is 3. The van der Waals surface area contributed by atoms with Crippen LogP contribution in [-0.4, -0.2) is 21.1 Å². The number of hydrogen-bond donors (Lipinski definition) is 2. The van der Waals surface area contributed by atoms with E-state index in [9.17, 15) is 4.79 Å². The van der Waals surface area contributed by atoms with Crippen molar-refractivity contribution in [3.05, 3.63) is 77.1 Å². The van der Waals surface area contributed by atoms with E-state index >= 15 is 0 Å². The fourth-order valence-corrected chi connectivity index (χ4v) is 4.66. The third kappa shape index (κ3) is 3.83. The number of thioether (sulfide) groups is 1. The Morgan fingerprint density at radius 2 is 2.00 bits per heavy atom. The zero-order valence-electron chi connectivity index (χ0n) is 16.1. The second-order valence-corrected chi connectivity index (χ2v) is 8.74. The van der Waals surface area contributed by atoms with Gasteiger partial charge >= 0.3 is 0 Å². The molecule has 0 saturated heterocycles. The Morgan fingerprint density at radius 3 is 2.82 bits per heavy atom. The number of benzene rings is 2. The molecule has 0 spiro atoms. The summed E-state index contributed by atoms with van der Waals surface area (Å²) in [6.07, 6.45) is 3.49. The first-order valence-corrected chi connectivity index (χ1v) is 10.5. The van der Waals surface area contributed by atoms with Crippen LogP contribution in [0, 0.1) is 0 Å². The molecule has 1 aromatic heterocycles. The topological polar surface area (TPSA) is 70.7 Å². The number of fused-ring (bicyclic) bond motifs is 1. The van der Waals surface area contributed by atoms with Gasteiger partial charge in [0.05, 0.1) is 6.04 Å². The monoisotopic (exact) mass is 392 g/mol. The minimum atomic E-state index is -0.0201. The van der Waals surface area contributed by atoms with Gasteiger partial charge in [-0.2, -0.15) is 5.10 Å². The van der Waals surface area contributed by atoms with Gasteiger partial charge in [-0.1, -0.05) is 68.1 Å². The van der Waals surface area contributed by atoms with Crippen LogP contribution in [0.5, 0.6) is 0 Å². The van der Waals surface area contributed by atoms with Crippen molar-refractivity contribution < 1.29 is 4.79 Å². The Balaban J connectivity index is 1.53. The van der Waals surface area contributed by atoms with E-state index in [4.69, 9.17) is 0 Å². The van der Waals surface area contributed by atoms with Gasteiger partial charge in [-0.3, -0.25) is 9.89 Å². The molecule has 0 fully saturated rings. The predicted molar refractivity (Wildman–Crippen MR) is 111 cm³/mol. The second kappa shape index (κ2) is 7.80. The summed E-state index contributed by atoms with van der Waals surface area (Å²) < 4.78 is 0. The van der Waals surface area contributed by atoms with E-state index < -0.39 is 0 Å². The molecule has 1 aliphatic rings. The number of H-pyrrole nitrogens is 1. The number of aromatic amines is 1. The minimum Gasteiger partial charge on any atom is -0.345 e. The molecule has 1 heterocycles. The Bertz CT molecular complexity index is 968. The highest BCUT2D eigenvalue weighted by atomic mass is 32.2. The Hall–Kier alpha value is -2.60. The number of rotatable bonds is 5. The first kappa shape index (κ1) is 18.7. The highest BCUT2D eigenvalue weighted by Crippen LogP contribution is 2.41. The molecule has 0 radical (unpaired) electrons. The van der Waals surface area contributed by atoms with Crippen LogP contribution in [0.4, 0.5) is 0 Å². The van der Waals surface area contributed by atoms with Gasteiger partial charge in [0.2, 0.25) is 0 Å². The molecule has 5 nitrogen and oxygen atoms in total. The van der Waals surface area contributed by atoms with E-state index in [1.54, 1.807) is 0 Å². The zero-order chi connectivity index (χ0) is 19.6. The molecule has 1 amide bonds. The van der Waals surface area contributed by atoms with Gasteiger partial charge in [0.25, 0.3) is 5.91 Å². The lowest BCUT2D eigenvalue weighted by atomic mass is 9.71. The number of hydrogen-bond acceptors (Lipinski definition) is 4. The quantitative estimate of drug-likeness (QED) is 0.621. The third-order valence-corrected chi connectivity index (χ3v) is 6.37. The summed E-state index contributed by atoms with van der Waals surface area (Å²) in [6, 6.07) is 16.3. The number of nitrogens with one attached hydrogen (secondary N) is 2. The molecule has 144 valence electrons. The molecular weight excluding hydrogens is 368 g/mol. The van der Waals surface area contributed by atoms with Gasteiger partial charge in [0.15, 0.2) is 5.16 Å². The van der Waals surface area contributed by atoms with Crippen LogP contribution in [0.15, 0.2) is 60.0 Å². The van der Waals surface area contributed by atoms with Crippen LogP contribution >= 0.6 is 11.8 Å². The van der Waals surface area contributed by atoms with Gasteiger partial charge in [-0.15, -0.1) is 0 Å². The average Bonchev–Trinajstić information content (AvgIpc) is 3.23. The summed E-state index contributed by atoms with van der Waals surface area (Å²) in [4.78, 5) is 17.2. The number of amides is 1. The molecule has 6 heteroatoms. The van der Waals surface area contributed by atoms with Gasteiger partial charge < -0.3 is 5.32 Å². The maximum Gasteiger partial charge on any atom is 0.252 e. The van der Waals surface area contributed by atoms with Gasteiger partial charge in [-0.25, -0.2) is 4.98 Å². The Labute approximate surface area is 169 Å². The molecule has 0 aliphatic heterocycles. The molecule has 28 heavy (non-hydrogen) atoms. The summed E-state index contributed by atoms with van der Waals surface area (Å²) in [5.41, 5.74) is 4.42. The van der Waals surface area contributed by atoms with Crippen LogP contribution in [-0.2, 0) is 11.2 Å². The SMILES string of the molecule is CC1(C)CCC(NC(=O)c2ccccc2CSc2ncn[nH]2)c2ccccc21. The van der Waals surface area contributed by atoms with Crippen LogP contribution in [0.3, 0.4) is 0 Å². The molecule has 3 aromatic rings. The van der Waals surface area contributed by atoms with E-state index in [2.05, 4.69) is 58.6 Å². The van der Waals surface area contributed by atoms with E-state index in [1.165, 1.54) is 29.2 Å². The van der Waals surface area contributed by atoms with Crippen LogP contribution in [0.2, 0.25) is 0 Å². The normalized spacial score (nSPS) is 17.7. The van der Waals surface area contributed by atoms with Gasteiger partial charge in [0.1, 0.15) is 6.33 Å². The summed E-state index contributed by atoms with van der Waals surface area (Å²) in [5.74, 6) is 0.640. The molecule has 2 aromatic carbocycles. The van der Waals surface area contributed by atoms with Crippen molar-refractivity contribution in [1.82, 2.24) is 20.5 Å². The van der Waals surface area contributed by atoms with Gasteiger partial charge in [0, 0.05) is 11.3 Å². The lowest BCUT2D eigenvalue weighted by molar-refractivity contribution is 0.0929. The van der Waals surface area contributed by atoms with Crippen molar-refractivity contribution in [1.29, 1.82) is 0 Å². The van der Waals surface area contributed by atoms with Crippen molar-refractivity contribution in [3.8, 4) is 0 Å². The molecule has 2 N–H and O–H groups in total. The molecule has 0 bridgehead atoms. The summed E-state index contributed by atoms with van der Waals surface area (Å²) in [6.45, 7) is 4.56. The Morgan fingerprint density at radius 1 is 1.21 bits per heavy atom. The highest BCUT2D eigenvalue weighted by Gasteiger charge is 2.33.